The first-order valence-electron chi connectivity index (χ1n) is 6.48. The molecular formula is C15H19N3O. The number of carbonyl (C=O) groups excluding carboxylic acids is 1. The molecule has 1 aromatic heterocycles. The van der Waals surface area contributed by atoms with Crippen molar-refractivity contribution in [2.24, 2.45) is 0 Å². The smallest absolute Gasteiger partial charge is 0.172 e. The van der Waals surface area contributed by atoms with Crippen LogP contribution in [-0.2, 0) is 11.8 Å². The Balaban J connectivity index is 2.70. The standard InChI is InChI=1S/C15H19N3O/c1-5-11-8-6-7-9-13(11)18-14(15(2,3)4)12(10-19)16-17-18/h6-10H,5H2,1-4H3. The third-order valence-corrected chi connectivity index (χ3v) is 3.12. The van der Waals surface area contributed by atoms with Crippen molar-refractivity contribution < 1.29 is 4.79 Å². The van der Waals surface area contributed by atoms with Crippen molar-refractivity contribution in [1.29, 1.82) is 0 Å². The van der Waals surface area contributed by atoms with Gasteiger partial charge in [-0.3, -0.25) is 4.79 Å². The van der Waals surface area contributed by atoms with E-state index in [9.17, 15) is 4.79 Å². The van der Waals surface area contributed by atoms with Crippen LogP contribution in [0.1, 0.15) is 49.4 Å². The molecule has 0 aliphatic carbocycles. The molecule has 100 valence electrons. The highest BCUT2D eigenvalue weighted by molar-refractivity contribution is 5.74. The lowest BCUT2D eigenvalue weighted by molar-refractivity contribution is 0.111. The van der Waals surface area contributed by atoms with Gasteiger partial charge in [-0.25, -0.2) is 4.68 Å². The second-order valence-corrected chi connectivity index (χ2v) is 5.59. The molecule has 0 aliphatic rings. The number of rotatable bonds is 3. The Morgan fingerprint density at radius 3 is 2.53 bits per heavy atom. The number of benzene rings is 1. The van der Waals surface area contributed by atoms with Gasteiger partial charge in [-0.05, 0) is 18.1 Å². The lowest BCUT2D eigenvalue weighted by Gasteiger charge is -2.21. The van der Waals surface area contributed by atoms with Gasteiger partial charge >= 0.3 is 0 Å². The molecule has 0 amide bonds. The van der Waals surface area contributed by atoms with Crippen molar-refractivity contribution in [3.8, 4) is 5.69 Å². The molecule has 2 rings (SSSR count). The van der Waals surface area contributed by atoms with E-state index in [1.54, 1.807) is 4.68 Å². The van der Waals surface area contributed by atoms with Crippen LogP contribution < -0.4 is 0 Å². The fraction of sp³-hybridized carbons (Fsp3) is 0.400. The summed E-state index contributed by atoms with van der Waals surface area (Å²) in [5.74, 6) is 0. The maximum absolute atomic E-state index is 11.2. The maximum Gasteiger partial charge on any atom is 0.172 e. The SMILES string of the molecule is CCc1ccccc1-n1nnc(C=O)c1C(C)(C)C. The number of carbonyl (C=O) groups is 1. The predicted octanol–water partition coefficient (Wildman–Crippen LogP) is 2.94. The molecule has 0 N–H and O–H groups in total. The molecule has 19 heavy (non-hydrogen) atoms. The van der Waals surface area contributed by atoms with E-state index < -0.39 is 0 Å². The summed E-state index contributed by atoms with van der Waals surface area (Å²) in [5.41, 5.74) is 3.26. The van der Waals surface area contributed by atoms with Crippen LogP contribution in [0.3, 0.4) is 0 Å². The molecule has 1 heterocycles. The first kappa shape index (κ1) is 13.5. The van der Waals surface area contributed by atoms with E-state index in [4.69, 9.17) is 0 Å². The number of hydrogen-bond donors (Lipinski definition) is 0. The molecular weight excluding hydrogens is 238 g/mol. The molecule has 0 spiro atoms. The Morgan fingerprint density at radius 2 is 1.95 bits per heavy atom. The number of hydrogen-bond acceptors (Lipinski definition) is 3. The lowest BCUT2D eigenvalue weighted by atomic mass is 9.90. The van der Waals surface area contributed by atoms with Gasteiger partial charge in [-0.1, -0.05) is 51.1 Å². The molecule has 4 heteroatoms. The molecule has 4 nitrogen and oxygen atoms in total. The fourth-order valence-corrected chi connectivity index (χ4v) is 2.26. The molecule has 0 saturated carbocycles. The van der Waals surface area contributed by atoms with Gasteiger partial charge in [0.05, 0.1) is 11.4 Å². The van der Waals surface area contributed by atoms with Crippen LogP contribution in [0.5, 0.6) is 0 Å². The summed E-state index contributed by atoms with van der Waals surface area (Å²) in [4.78, 5) is 11.2. The predicted molar refractivity (Wildman–Crippen MR) is 74.8 cm³/mol. The highest BCUT2D eigenvalue weighted by Gasteiger charge is 2.26. The molecule has 0 atom stereocenters. The van der Waals surface area contributed by atoms with Crippen molar-refractivity contribution in [3.05, 3.63) is 41.2 Å². The summed E-state index contributed by atoms with van der Waals surface area (Å²) in [5, 5.41) is 8.17. The zero-order valence-corrected chi connectivity index (χ0v) is 11.8. The van der Waals surface area contributed by atoms with Gasteiger partial charge in [0.15, 0.2) is 6.29 Å². The summed E-state index contributed by atoms with van der Waals surface area (Å²) in [6, 6.07) is 8.07. The minimum atomic E-state index is -0.194. The molecule has 0 unspecified atom stereocenters. The van der Waals surface area contributed by atoms with E-state index >= 15 is 0 Å². The van der Waals surface area contributed by atoms with E-state index in [0.717, 1.165) is 24.1 Å². The average Bonchev–Trinajstić information content (AvgIpc) is 2.82. The summed E-state index contributed by atoms with van der Waals surface area (Å²) >= 11 is 0. The van der Waals surface area contributed by atoms with Crippen LogP contribution >= 0.6 is 0 Å². The molecule has 0 bridgehead atoms. The second kappa shape index (κ2) is 4.96. The van der Waals surface area contributed by atoms with Crippen LogP contribution in [0.25, 0.3) is 5.69 Å². The van der Waals surface area contributed by atoms with Gasteiger partial charge in [0.2, 0.25) is 0 Å². The van der Waals surface area contributed by atoms with Gasteiger partial charge in [0.1, 0.15) is 5.69 Å². The quantitative estimate of drug-likeness (QED) is 0.794. The molecule has 0 fully saturated rings. The van der Waals surface area contributed by atoms with Crippen molar-refractivity contribution in [2.75, 3.05) is 0 Å². The molecule has 1 aromatic carbocycles. The maximum atomic E-state index is 11.2. The van der Waals surface area contributed by atoms with Crippen LogP contribution in [0.4, 0.5) is 0 Å². The second-order valence-electron chi connectivity index (χ2n) is 5.59. The van der Waals surface area contributed by atoms with Crippen molar-refractivity contribution >= 4 is 6.29 Å². The first-order valence-corrected chi connectivity index (χ1v) is 6.48. The first-order chi connectivity index (χ1) is 8.99. The highest BCUT2D eigenvalue weighted by Crippen LogP contribution is 2.27. The van der Waals surface area contributed by atoms with E-state index in [-0.39, 0.29) is 5.41 Å². The Hall–Kier alpha value is -1.97. The summed E-state index contributed by atoms with van der Waals surface area (Å²) < 4.78 is 1.79. The number of nitrogens with zero attached hydrogens (tertiary/aromatic N) is 3. The van der Waals surface area contributed by atoms with Crippen LogP contribution in [0.15, 0.2) is 24.3 Å². The third-order valence-electron chi connectivity index (χ3n) is 3.12. The number of aryl methyl sites for hydroxylation is 1. The van der Waals surface area contributed by atoms with Gasteiger partial charge in [-0.2, -0.15) is 0 Å². The van der Waals surface area contributed by atoms with Crippen molar-refractivity contribution in [1.82, 2.24) is 15.0 Å². The van der Waals surface area contributed by atoms with E-state index in [2.05, 4.69) is 44.1 Å². The Morgan fingerprint density at radius 1 is 1.26 bits per heavy atom. The lowest BCUT2D eigenvalue weighted by Crippen LogP contribution is -2.20. The van der Waals surface area contributed by atoms with Crippen LogP contribution in [0, 0.1) is 0 Å². The summed E-state index contributed by atoms with van der Waals surface area (Å²) in [7, 11) is 0. The average molecular weight is 257 g/mol. The zero-order chi connectivity index (χ0) is 14.0. The fourth-order valence-electron chi connectivity index (χ4n) is 2.26. The van der Waals surface area contributed by atoms with Gasteiger partial charge < -0.3 is 0 Å². The highest BCUT2D eigenvalue weighted by atomic mass is 16.1. The number of para-hydroxylation sites is 1. The molecule has 0 aliphatic heterocycles. The molecule has 2 aromatic rings. The zero-order valence-electron chi connectivity index (χ0n) is 11.8. The number of aromatic nitrogens is 3. The minimum Gasteiger partial charge on any atom is -0.296 e. The molecule has 0 radical (unpaired) electrons. The molecule has 0 saturated heterocycles. The van der Waals surface area contributed by atoms with E-state index in [1.807, 2.05) is 18.2 Å². The summed E-state index contributed by atoms with van der Waals surface area (Å²) in [6.07, 6.45) is 1.69. The minimum absolute atomic E-state index is 0.194. The van der Waals surface area contributed by atoms with Gasteiger partial charge in [-0.15, -0.1) is 5.10 Å². The number of aldehydes is 1. The Labute approximate surface area is 113 Å². The summed E-state index contributed by atoms with van der Waals surface area (Å²) in [6.45, 7) is 8.28. The van der Waals surface area contributed by atoms with E-state index in [1.165, 1.54) is 5.56 Å². The third kappa shape index (κ3) is 2.43. The van der Waals surface area contributed by atoms with Crippen molar-refractivity contribution in [3.63, 3.8) is 0 Å². The van der Waals surface area contributed by atoms with Crippen molar-refractivity contribution in [2.45, 2.75) is 39.5 Å². The van der Waals surface area contributed by atoms with E-state index in [0.29, 0.717) is 5.69 Å². The van der Waals surface area contributed by atoms with Gasteiger partial charge in [0, 0.05) is 5.41 Å². The monoisotopic (exact) mass is 257 g/mol. The van der Waals surface area contributed by atoms with Crippen LogP contribution in [-0.4, -0.2) is 21.3 Å². The Bertz CT molecular complexity index is 594. The van der Waals surface area contributed by atoms with Crippen LogP contribution in [0.2, 0.25) is 0 Å². The largest absolute Gasteiger partial charge is 0.296 e. The van der Waals surface area contributed by atoms with Gasteiger partial charge in [0.25, 0.3) is 0 Å². The Kier molecular flexibility index (Phi) is 3.51. The topological polar surface area (TPSA) is 47.8 Å². The normalized spacial score (nSPS) is 11.6.